The zero-order valence-corrected chi connectivity index (χ0v) is 14.2. The van der Waals surface area contributed by atoms with Gasteiger partial charge in [-0.1, -0.05) is 23.7 Å². The van der Waals surface area contributed by atoms with Crippen LogP contribution in [-0.2, 0) is 4.79 Å². The molecule has 1 aliphatic rings. The Hall–Kier alpha value is -2.54. The summed E-state index contributed by atoms with van der Waals surface area (Å²) in [5.41, 5.74) is 1.65. The highest BCUT2D eigenvalue weighted by Gasteiger charge is 2.30. The number of imide groups is 1. The Morgan fingerprint density at radius 2 is 2.17 bits per heavy atom. The van der Waals surface area contributed by atoms with Gasteiger partial charge >= 0.3 is 6.03 Å². The van der Waals surface area contributed by atoms with Gasteiger partial charge < -0.3 is 10.6 Å². The fourth-order valence-corrected chi connectivity index (χ4v) is 2.83. The van der Waals surface area contributed by atoms with Crippen molar-refractivity contribution in [1.29, 1.82) is 0 Å². The molecule has 1 aliphatic heterocycles. The number of carbonyl (C=O) groups excluding carboxylic acids is 2. The topological polar surface area (TPSA) is 79.3 Å². The van der Waals surface area contributed by atoms with Gasteiger partial charge in [0, 0.05) is 24.8 Å². The third kappa shape index (κ3) is 3.07. The number of para-hydroxylation sites is 1. The fourth-order valence-electron chi connectivity index (χ4n) is 2.61. The number of hydrogen-bond donors (Lipinski definition) is 2. The van der Waals surface area contributed by atoms with E-state index in [1.807, 2.05) is 31.2 Å². The van der Waals surface area contributed by atoms with Gasteiger partial charge in [-0.05, 0) is 26.0 Å². The van der Waals surface area contributed by atoms with Crippen LogP contribution in [0, 0.1) is 6.92 Å². The van der Waals surface area contributed by atoms with E-state index in [0.717, 1.165) is 11.4 Å². The number of rotatable bonds is 4. The molecule has 0 aliphatic carbocycles. The number of benzene rings is 1. The van der Waals surface area contributed by atoms with E-state index in [2.05, 4.69) is 15.7 Å². The molecule has 8 heteroatoms. The van der Waals surface area contributed by atoms with Crippen LogP contribution in [0.1, 0.15) is 12.6 Å². The predicted octanol–water partition coefficient (Wildman–Crippen LogP) is 2.19. The van der Waals surface area contributed by atoms with Gasteiger partial charge in [0.2, 0.25) is 0 Å². The third-order valence-corrected chi connectivity index (χ3v) is 4.15. The summed E-state index contributed by atoms with van der Waals surface area (Å²) in [6, 6.07) is 8.31. The molecule has 0 radical (unpaired) electrons. The highest BCUT2D eigenvalue weighted by atomic mass is 35.5. The Morgan fingerprint density at radius 3 is 2.83 bits per heavy atom. The van der Waals surface area contributed by atoms with E-state index in [4.69, 9.17) is 11.6 Å². The van der Waals surface area contributed by atoms with Gasteiger partial charge in [-0.2, -0.15) is 5.10 Å². The number of anilines is 1. The number of hydrogen-bond acceptors (Lipinski definition) is 4. The van der Waals surface area contributed by atoms with Crippen molar-refractivity contribution >= 4 is 29.4 Å². The SMILES string of the molecule is Cc1cc(NC(C)C(=O)N2CCNC2=O)nn1-c1ccccc1Cl. The van der Waals surface area contributed by atoms with Crippen LogP contribution >= 0.6 is 11.6 Å². The first kappa shape index (κ1) is 16.3. The molecule has 1 atom stereocenters. The van der Waals surface area contributed by atoms with Crippen molar-refractivity contribution in [3.05, 3.63) is 41.0 Å². The molecule has 2 heterocycles. The summed E-state index contributed by atoms with van der Waals surface area (Å²) < 4.78 is 1.71. The van der Waals surface area contributed by atoms with Gasteiger partial charge in [-0.25, -0.2) is 9.48 Å². The summed E-state index contributed by atoms with van der Waals surface area (Å²) in [5.74, 6) is 0.267. The van der Waals surface area contributed by atoms with Gasteiger partial charge in [-0.15, -0.1) is 0 Å². The number of nitrogens with one attached hydrogen (secondary N) is 2. The van der Waals surface area contributed by atoms with Gasteiger partial charge in [0.15, 0.2) is 0 Å². The lowest BCUT2D eigenvalue weighted by Gasteiger charge is -2.18. The largest absolute Gasteiger partial charge is 0.357 e. The van der Waals surface area contributed by atoms with E-state index < -0.39 is 6.04 Å². The fraction of sp³-hybridized carbons (Fsp3) is 0.312. The third-order valence-electron chi connectivity index (χ3n) is 3.83. The van der Waals surface area contributed by atoms with Crippen LogP contribution in [0.2, 0.25) is 5.02 Å². The molecule has 0 spiro atoms. The molecular weight excluding hydrogens is 330 g/mol. The van der Waals surface area contributed by atoms with Crippen LogP contribution in [0.4, 0.5) is 10.6 Å². The maximum absolute atomic E-state index is 12.3. The van der Waals surface area contributed by atoms with Gasteiger partial charge in [0.05, 0.1) is 10.7 Å². The number of aryl methyl sites for hydroxylation is 1. The molecule has 0 saturated carbocycles. The second-order valence-corrected chi connectivity index (χ2v) is 6.03. The maximum atomic E-state index is 12.3. The van der Waals surface area contributed by atoms with E-state index in [9.17, 15) is 9.59 Å². The first-order chi connectivity index (χ1) is 11.5. The summed E-state index contributed by atoms with van der Waals surface area (Å²) >= 11 is 6.21. The first-order valence-electron chi connectivity index (χ1n) is 7.64. The van der Waals surface area contributed by atoms with Crippen molar-refractivity contribution in [1.82, 2.24) is 20.0 Å². The second kappa shape index (κ2) is 6.52. The minimum atomic E-state index is -0.567. The van der Waals surface area contributed by atoms with Crippen LogP contribution in [-0.4, -0.2) is 45.8 Å². The molecule has 126 valence electrons. The van der Waals surface area contributed by atoms with E-state index in [-0.39, 0.29) is 11.9 Å². The van der Waals surface area contributed by atoms with E-state index in [1.165, 1.54) is 4.90 Å². The lowest BCUT2D eigenvalue weighted by Crippen LogP contribution is -2.43. The molecule has 2 N–H and O–H groups in total. The molecule has 24 heavy (non-hydrogen) atoms. The minimum absolute atomic E-state index is 0.282. The normalized spacial score (nSPS) is 15.3. The van der Waals surface area contributed by atoms with E-state index in [0.29, 0.717) is 23.9 Å². The van der Waals surface area contributed by atoms with Crippen molar-refractivity contribution < 1.29 is 9.59 Å². The van der Waals surface area contributed by atoms with Crippen molar-refractivity contribution in [2.24, 2.45) is 0 Å². The summed E-state index contributed by atoms with van der Waals surface area (Å²) in [7, 11) is 0. The molecule has 0 bridgehead atoms. The van der Waals surface area contributed by atoms with Crippen molar-refractivity contribution in [3.63, 3.8) is 0 Å². The molecule has 1 aromatic carbocycles. The standard InChI is InChI=1S/C16H18ClN5O2/c1-10-9-14(20-22(10)13-6-4-3-5-12(13)17)19-11(2)15(23)21-8-7-18-16(21)24/h3-6,9,11H,7-8H2,1-2H3,(H,18,24)(H,19,20). The lowest BCUT2D eigenvalue weighted by atomic mass is 10.3. The molecule has 2 aromatic rings. The van der Waals surface area contributed by atoms with Crippen molar-refractivity contribution in [3.8, 4) is 5.69 Å². The number of urea groups is 1. The Bertz CT molecular complexity index is 789. The molecule has 3 amide bonds. The second-order valence-electron chi connectivity index (χ2n) is 5.62. The number of carbonyl (C=O) groups is 2. The Labute approximate surface area is 144 Å². The maximum Gasteiger partial charge on any atom is 0.324 e. The van der Waals surface area contributed by atoms with Crippen molar-refractivity contribution in [2.75, 3.05) is 18.4 Å². The zero-order chi connectivity index (χ0) is 17.3. The quantitative estimate of drug-likeness (QED) is 0.888. The molecular formula is C16H18ClN5O2. The van der Waals surface area contributed by atoms with Gasteiger partial charge in [0.1, 0.15) is 11.9 Å². The van der Waals surface area contributed by atoms with Gasteiger partial charge in [-0.3, -0.25) is 9.69 Å². The summed E-state index contributed by atoms with van der Waals surface area (Å²) in [4.78, 5) is 25.1. The van der Waals surface area contributed by atoms with Crippen LogP contribution in [0.15, 0.2) is 30.3 Å². The van der Waals surface area contributed by atoms with Crippen LogP contribution in [0.25, 0.3) is 5.69 Å². The van der Waals surface area contributed by atoms with Crippen molar-refractivity contribution in [2.45, 2.75) is 19.9 Å². The summed E-state index contributed by atoms with van der Waals surface area (Å²) in [6.07, 6.45) is 0. The summed E-state index contributed by atoms with van der Waals surface area (Å²) in [5, 5.41) is 10.7. The van der Waals surface area contributed by atoms with E-state index in [1.54, 1.807) is 17.7 Å². The number of amides is 3. The smallest absolute Gasteiger partial charge is 0.324 e. The highest BCUT2D eigenvalue weighted by molar-refractivity contribution is 6.32. The average Bonchev–Trinajstić information content (AvgIpc) is 3.13. The number of aromatic nitrogens is 2. The number of halogens is 1. The highest BCUT2D eigenvalue weighted by Crippen LogP contribution is 2.22. The molecule has 1 fully saturated rings. The van der Waals surface area contributed by atoms with Crippen LogP contribution in [0.3, 0.4) is 0 Å². The minimum Gasteiger partial charge on any atom is -0.357 e. The monoisotopic (exact) mass is 347 g/mol. The van der Waals surface area contributed by atoms with Gasteiger partial charge in [0.25, 0.3) is 5.91 Å². The lowest BCUT2D eigenvalue weighted by molar-refractivity contribution is -0.128. The Morgan fingerprint density at radius 1 is 1.42 bits per heavy atom. The zero-order valence-electron chi connectivity index (χ0n) is 13.4. The molecule has 1 unspecified atom stereocenters. The average molecular weight is 348 g/mol. The molecule has 1 saturated heterocycles. The summed E-state index contributed by atoms with van der Waals surface area (Å²) in [6.45, 7) is 4.48. The van der Waals surface area contributed by atoms with Crippen LogP contribution in [0.5, 0.6) is 0 Å². The molecule has 7 nitrogen and oxygen atoms in total. The number of nitrogens with zero attached hydrogens (tertiary/aromatic N) is 3. The molecule has 1 aromatic heterocycles. The first-order valence-corrected chi connectivity index (χ1v) is 8.02. The predicted molar refractivity (Wildman–Crippen MR) is 91.5 cm³/mol. The van der Waals surface area contributed by atoms with Crippen LogP contribution < -0.4 is 10.6 Å². The Kier molecular flexibility index (Phi) is 4.44. The molecule has 3 rings (SSSR count). The van der Waals surface area contributed by atoms with E-state index >= 15 is 0 Å². The Balaban J connectivity index is 1.77.